The fourth-order valence-electron chi connectivity index (χ4n) is 3.96. The van der Waals surface area contributed by atoms with Gasteiger partial charge in [0.25, 0.3) is 5.91 Å². The third-order valence-corrected chi connectivity index (χ3v) is 5.04. The van der Waals surface area contributed by atoms with Crippen LogP contribution in [0.25, 0.3) is 0 Å². The number of hydrogen-bond donors (Lipinski definition) is 1. The first-order chi connectivity index (χ1) is 12.0. The number of nitrogens with one attached hydrogen (secondary N) is 1. The molecule has 2 aliphatic carbocycles. The van der Waals surface area contributed by atoms with Crippen LogP contribution in [0.2, 0.25) is 0 Å². The van der Waals surface area contributed by atoms with Gasteiger partial charge in [-0.2, -0.15) is 8.78 Å². The number of carbonyl (C=O) groups is 2. The molecular formula is C18H21F2NO4. The molecule has 0 aliphatic heterocycles. The van der Waals surface area contributed by atoms with Crippen LogP contribution < -0.4 is 10.1 Å². The highest BCUT2D eigenvalue weighted by Gasteiger charge is 2.40. The Kier molecular flexibility index (Phi) is 5.50. The van der Waals surface area contributed by atoms with Crippen molar-refractivity contribution < 1.29 is 27.8 Å². The van der Waals surface area contributed by atoms with Crippen LogP contribution in [0.4, 0.5) is 14.5 Å². The Hall–Kier alpha value is -2.18. The molecule has 136 valence electrons. The lowest BCUT2D eigenvalue weighted by atomic mass is 9.86. The summed E-state index contributed by atoms with van der Waals surface area (Å²) in [5.74, 6) is 1.00. The first-order valence-corrected chi connectivity index (χ1v) is 8.50. The van der Waals surface area contributed by atoms with Crippen molar-refractivity contribution >= 4 is 17.6 Å². The first-order valence-electron chi connectivity index (χ1n) is 8.50. The molecule has 0 unspecified atom stereocenters. The minimum atomic E-state index is -2.89. The molecule has 2 aliphatic rings. The van der Waals surface area contributed by atoms with E-state index in [0.29, 0.717) is 23.9 Å². The van der Waals surface area contributed by atoms with E-state index in [1.807, 2.05) is 0 Å². The van der Waals surface area contributed by atoms with Crippen molar-refractivity contribution in [3.8, 4) is 5.75 Å². The second-order valence-corrected chi connectivity index (χ2v) is 6.75. The van der Waals surface area contributed by atoms with Gasteiger partial charge >= 0.3 is 12.6 Å². The number of anilines is 1. The molecule has 1 amide bonds. The van der Waals surface area contributed by atoms with E-state index < -0.39 is 12.5 Å². The maximum atomic E-state index is 12.1. The summed E-state index contributed by atoms with van der Waals surface area (Å²) in [4.78, 5) is 23.7. The minimum Gasteiger partial charge on any atom is -0.456 e. The maximum Gasteiger partial charge on any atom is 0.387 e. The van der Waals surface area contributed by atoms with Gasteiger partial charge in [0, 0.05) is 12.1 Å². The predicted octanol–water partition coefficient (Wildman–Crippen LogP) is 3.60. The van der Waals surface area contributed by atoms with E-state index in [1.165, 1.54) is 43.5 Å². The number of esters is 1. The molecule has 7 heteroatoms. The van der Waals surface area contributed by atoms with Gasteiger partial charge < -0.3 is 14.8 Å². The first kappa shape index (κ1) is 17.6. The smallest absolute Gasteiger partial charge is 0.387 e. The Balaban J connectivity index is 1.38. The molecule has 1 aromatic rings. The summed E-state index contributed by atoms with van der Waals surface area (Å²) >= 11 is 0. The summed E-state index contributed by atoms with van der Waals surface area (Å²) in [5.41, 5.74) is 0.413. The topological polar surface area (TPSA) is 64.6 Å². The SMILES string of the molecule is O=C(COC(=O)C[C@@H]1C[C@H]2CC[C@H]1C2)Nc1ccc(OC(F)F)cc1. The van der Waals surface area contributed by atoms with Gasteiger partial charge in [0.15, 0.2) is 6.61 Å². The molecule has 5 nitrogen and oxygen atoms in total. The zero-order valence-electron chi connectivity index (χ0n) is 13.8. The van der Waals surface area contributed by atoms with Crippen LogP contribution in [-0.2, 0) is 14.3 Å². The second kappa shape index (κ2) is 7.80. The van der Waals surface area contributed by atoms with E-state index in [2.05, 4.69) is 10.1 Å². The minimum absolute atomic E-state index is 0.00490. The summed E-state index contributed by atoms with van der Waals surface area (Å²) in [6.45, 7) is -3.25. The Morgan fingerprint density at radius 3 is 2.52 bits per heavy atom. The number of benzene rings is 1. The van der Waals surface area contributed by atoms with Gasteiger partial charge in [0.1, 0.15) is 5.75 Å². The van der Waals surface area contributed by atoms with Crippen molar-refractivity contribution in [1.82, 2.24) is 0 Å². The Bertz CT molecular complexity index is 620. The molecule has 1 N–H and O–H groups in total. The second-order valence-electron chi connectivity index (χ2n) is 6.75. The van der Waals surface area contributed by atoms with Crippen molar-refractivity contribution in [2.24, 2.45) is 17.8 Å². The summed E-state index contributed by atoms with van der Waals surface area (Å²) in [6.07, 6.45) is 5.19. The van der Waals surface area contributed by atoms with Gasteiger partial charge in [0.05, 0.1) is 0 Å². The largest absolute Gasteiger partial charge is 0.456 e. The van der Waals surface area contributed by atoms with E-state index in [1.54, 1.807) is 0 Å². The van der Waals surface area contributed by atoms with Crippen LogP contribution in [0.15, 0.2) is 24.3 Å². The Morgan fingerprint density at radius 2 is 1.92 bits per heavy atom. The van der Waals surface area contributed by atoms with E-state index >= 15 is 0 Å². The Morgan fingerprint density at radius 1 is 1.16 bits per heavy atom. The molecule has 2 fully saturated rings. The molecule has 2 saturated carbocycles. The van der Waals surface area contributed by atoms with E-state index in [-0.39, 0.29) is 18.3 Å². The lowest BCUT2D eigenvalue weighted by Gasteiger charge is -2.20. The molecule has 0 radical (unpaired) electrons. The predicted molar refractivity (Wildman–Crippen MR) is 86.2 cm³/mol. The van der Waals surface area contributed by atoms with E-state index in [0.717, 1.165) is 12.3 Å². The van der Waals surface area contributed by atoms with Gasteiger partial charge in [0.2, 0.25) is 0 Å². The number of alkyl halides is 2. The summed E-state index contributed by atoms with van der Waals surface area (Å²) in [6, 6.07) is 5.52. The Labute approximate surface area is 144 Å². The van der Waals surface area contributed by atoms with Gasteiger partial charge in [-0.25, -0.2) is 0 Å². The lowest BCUT2D eigenvalue weighted by Crippen LogP contribution is -2.23. The zero-order valence-corrected chi connectivity index (χ0v) is 13.8. The van der Waals surface area contributed by atoms with Gasteiger partial charge in [-0.3, -0.25) is 9.59 Å². The molecule has 1 aromatic carbocycles. The zero-order chi connectivity index (χ0) is 17.8. The van der Waals surface area contributed by atoms with Crippen LogP contribution >= 0.6 is 0 Å². The van der Waals surface area contributed by atoms with Crippen molar-refractivity contribution in [3.05, 3.63) is 24.3 Å². The third-order valence-electron chi connectivity index (χ3n) is 5.04. The summed E-state index contributed by atoms with van der Waals surface area (Å²) < 4.78 is 33.4. The average molecular weight is 353 g/mol. The number of carbonyl (C=O) groups excluding carboxylic acids is 2. The van der Waals surface area contributed by atoms with Crippen LogP contribution in [0.5, 0.6) is 5.75 Å². The van der Waals surface area contributed by atoms with Crippen LogP contribution in [0.1, 0.15) is 32.1 Å². The van der Waals surface area contributed by atoms with Crippen molar-refractivity contribution in [1.29, 1.82) is 0 Å². The van der Waals surface area contributed by atoms with Crippen LogP contribution in [0, 0.1) is 17.8 Å². The van der Waals surface area contributed by atoms with Gasteiger partial charge in [-0.1, -0.05) is 6.42 Å². The molecule has 0 heterocycles. The maximum absolute atomic E-state index is 12.1. The number of halogens is 2. The number of rotatable bonds is 7. The average Bonchev–Trinajstić information content (AvgIpc) is 3.17. The fourth-order valence-corrected chi connectivity index (χ4v) is 3.96. The highest BCUT2D eigenvalue weighted by atomic mass is 19.3. The van der Waals surface area contributed by atoms with Gasteiger partial charge in [-0.15, -0.1) is 0 Å². The molecule has 0 spiro atoms. The highest BCUT2D eigenvalue weighted by molar-refractivity contribution is 5.92. The lowest BCUT2D eigenvalue weighted by molar-refractivity contribution is -0.148. The molecule has 3 atom stereocenters. The van der Waals surface area contributed by atoms with E-state index in [9.17, 15) is 18.4 Å². The number of ether oxygens (including phenoxy) is 2. The highest BCUT2D eigenvalue weighted by Crippen LogP contribution is 2.49. The van der Waals surface area contributed by atoms with Gasteiger partial charge in [-0.05, 0) is 61.3 Å². The summed E-state index contributed by atoms with van der Waals surface area (Å²) in [5, 5.41) is 2.54. The van der Waals surface area contributed by atoms with Crippen molar-refractivity contribution in [3.63, 3.8) is 0 Å². The quantitative estimate of drug-likeness (QED) is 0.761. The van der Waals surface area contributed by atoms with Crippen LogP contribution in [-0.4, -0.2) is 25.1 Å². The van der Waals surface area contributed by atoms with Crippen LogP contribution in [0.3, 0.4) is 0 Å². The van der Waals surface area contributed by atoms with E-state index in [4.69, 9.17) is 4.74 Å². The monoisotopic (exact) mass is 353 g/mol. The fraction of sp³-hybridized carbons (Fsp3) is 0.556. The molecule has 0 aromatic heterocycles. The van der Waals surface area contributed by atoms with Crippen molar-refractivity contribution in [2.75, 3.05) is 11.9 Å². The number of amides is 1. The number of hydrogen-bond acceptors (Lipinski definition) is 4. The molecule has 3 rings (SSSR count). The molecular weight excluding hydrogens is 332 g/mol. The molecule has 0 saturated heterocycles. The number of fused-ring (bicyclic) bond motifs is 2. The molecule has 2 bridgehead atoms. The third kappa shape index (κ3) is 4.90. The molecule has 25 heavy (non-hydrogen) atoms. The normalized spacial score (nSPS) is 24.4. The van der Waals surface area contributed by atoms with Crippen molar-refractivity contribution in [2.45, 2.75) is 38.7 Å². The summed E-state index contributed by atoms with van der Waals surface area (Å²) in [7, 11) is 0. The standard InChI is InChI=1S/C18H21F2NO4/c19-18(20)25-15-5-3-14(4-6-15)21-16(22)10-24-17(23)9-13-8-11-1-2-12(13)7-11/h3-6,11-13,18H,1-2,7-10H2,(H,21,22)/t11-,12-,13-/m0/s1.